The molecular weight excluding hydrogens is 238 g/mol. The predicted octanol–water partition coefficient (Wildman–Crippen LogP) is 3.06. The summed E-state index contributed by atoms with van der Waals surface area (Å²) in [6.45, 7) is 6.00. The van der Waals surface area contributed by atoms with Gasteiger partial charge in [-0.1, -0.05) is 6.42 Å². The Balaban J connectivity index is 2.18. The first-order valence-electron chi connectivity index (χ1n) is 6.94. The van der Waals surface area contributed by atoms with E-state index in [0.29, 0.717) is 23.3 Å². The van der Waals surface area contributed by atoms with E-state index in [1.807, 2.05) is 12.1 Å². The fourth-order valence-corrected chi connectivity index (χ4v) is 2.72. The van der Waals surface area contributed by atoms with Crippen LogP contribution in [-0.4, -0.2) is 22.9 Å². The van der Waals surface area contributed by atoms with Gasteiger partial charge in [0.1, 0.15) is 0 Å². The zero-order valence-corrected chi connectivity index (χ0v) is 11.9. The van der Waals surface area contributed by atoms with E-state index in [-0.39, 0.29) is 5.78 Å². The molecule has 2 atom stereocenters. The molecule has 104 valence electrons. The molecule has 1 aliphatic rings. The smallest absolute Gasteiger partial charge is 0.161 e. The number of hydrogen-bond acceptors (Lipinski definition) is 4. The molecule has 1 fully saturated rings. The van der Waals surface area contributed by atoms with Crippen molar-refractivity contribution in [3.63, 3.8) is 0 Å². The molecule has 0 bridgehead atoms. The Morgan fingerprint density at radius 1 is 1.32 bits per heavy atom. The fraction of sp³-hybridized carbons (Fsp3) is 0.533. The molecule has 0 amide bonds. The van der Waals surface area contributed by atoms with Crippen LogP contribution in [-0.2, 0) is 0 Å². The summed E-state index contributed by atoms with van der Waals surface area (Å²) in [6.07, 6.45) is 3.68. The third-order valence-corrected chi connectivity index (χ3v) is 3.88. The Hall–Kier alpha value is -1.55. The lowest BCUT2D eigenvalue weighted by atomic mass is 10.00. The molecule has 4 heteroatoms. The molecule has 2 unspecified atom stereocenters. The molecule has 1 aliphatic heterocycles. The molecule has 1 aromatic carbocycles. The first-order valence-corrected chi connectivity index (χ1v) is 6.94. The van der Waals surface area contributed by atoms with Gasteiger partial charge in [0.25, 0.3) is 0 Å². The Labute approximate surface area is 114 Å². The molecule has 1 heterocycles. The van der Waals surface area contributed by atoms with Crippen molar-refractivity contribution in [1.29, 1.82) is 0 Å². The standard InChI is InChI=1S/C15H23N3O/c1-10-5-4-6-11(2)18(10)17-13-7-8-15(16)14(9-13)12(3)19/h7-11,17H,4-6,16H2,1-3H3. The third kappa shape index (κ3) is 3.07. The number of piperidine rings is 1. The maximum atomic E-state index is 11.5. The van der Waals surface area contributed by atoms with Gasteiger partial charge in [0.2, 0.25) is 0 Å². The molecule has 3 N–H and O–H groups in total. The van der Waals surface area contributed by atoms with Crippen LogP contribution in [0.2, 0.25) is 0 Å². The topological polar surface area (TPSA) is 58.4 Å². The number of nitrogen functional groups attached to an aromatic ring is 1. The van der Waals surface area contributed by atoms with E-state index in [1.165, 1.54) is 19.3 Å². The number of hydrazine groups is 1. The number of carbonyl (C=O) groups excluding carboxylic acids is 1. The van der Waals surface area contributed by atoms with Crippen molar-refractivity contribution in [3.05, 3.63) is 23.8 Å². The van der Waals surface area contributed by atoms with Gasteiger partial charge in [0.15, 0.2) is 5.78 Å². The van der Waals surface area contributed by atoms with Gasteiger partial charge in [0.05, 0.1) is 0 Å². The summed E-state index contributed by atoms with van der Waals surface area (Å²) in [5.74, 6) is 0.000825. The molecule has 1 saturated heterocycles. The zero-order chi connectivity index (χ0) is 14.0. The second-order valence-corrected chi connectivity index (χ2v) is 5.51. The molecule has 0 spiro atoms. The summed E-state index contributed by atoms with van der Waals surface area (Å²) in [5.41, 5.74) is 11.3. The summed E-state index contributed by atoms with van der Waals surface area (Å²) in [7, 11) is 0. The number of nitrogens with zero attached hydrogens (tertiary/aromatic N) is 1. The van der Waals surface area contributed by atoms with E-state index in [2.05, 4.69) is 24.3 Å². The highest BCUT2D eigenvalue weighted by atomic mass is 16.1. The second kappa shape index (κ2) is 5.61. The van der Waals surface area contributed by atoms with Crippen molar-refractivity contribution in [2.75, 3.05) is 11.2 Å². The second-order valence-electron chi connectivity index (χ2n) is 5.51. The highest BCUT2D eigenvalue weighted by Gasteiger charge is 2.24. The van der Waals surface area contributed by atoms with Crippen molar-refractivity contribution in [3.8, 4) is 0 Å². The zero-order valence-electron chi connectivity index (χ0n) is 11.9. The van der Waals surface area contributed by atoms with Gasteiger partial charge < -0.3 is 11.2 Å². The van der Waals surface area contributed by atoms with Crippen LogP contribution in [0.1, 0.15) is 50.4 Å². The van der Waals surface area contributed by atoms with Crippen LogP contribution in [0.4, 0.5) is 11.4 Å². The predicted molar refractivity (Wildman–Crippen MR) is 79.1 cm³/mol. The number of anilines is 2. The molecule has 2 rings (SSSR count). The van der Waals surface area contributed by atoms with Crippen LogP contribution in [0.15, 0.2) is 18.2 Å². The number of rotatable bonds is 3. The largest absolute Gasteiger partial charge is 0.398 e. The third-order valence-electron chi connectivity index (χ3n) is 3.88. The van der Waals surface area contributed by atoms with Crippen LogP contribution in [0.25, 0.3) is 0 Å². The molecule has 0 aromatic heterocycles. The summed E-state index contributed by atoms with van der Waals surface area (Å²) >= 11 is 0. The molecule has 0 saturated carbocycles. The van der Waals surface area contributed by atoms with Gasteiger partial charge in [-0.3, -0.25) is 4.79 Å². The summed E-state index contributed by atoms with van der Waals surface area (Å²) in [5, 5.41) is 2.28. The Morgan fingerprint density at radius 2 is 1.95 bits per heavy atom. The minimum Gasteiger partial charge on any atom is -0.398 e. The molecule has 0 aliphatic carbocycles. The Bertz CT molecular complexity index is 462. The number of hydrogen-bond donors (Lipinski definition) is 2. The van der Waals surface area contributed by atoms with E-state index in [4.69, 9.17) is 5.73 Å². The van der Waals surface area contributed by atoms with Gasteiger partial charge in [0, 0.05) is 29.0 Å². The minimum absolute atomic E-state index is 0.000825. The van der Waals surface area contributed by atoms with Gasteiger partial charge >= 0.3 is 0 Å². The Kier molecular flexibility index (Phi) is 4.10. The van der Waals surface area contributed by atoms with Crippen LogP contribution < -0.4 is 11.2 Å². The number of carbonyl (C=O) groups is 1. The summed E-state index contributed by atoms with van der Waals surface area (Å²) in [6, 6.07) is 6.56. The van der Waals surface area contributed by atoms with E-state index in [9.17, 15) is 4.79 Å². The maximum absolute atomic E-state index is 11.5. The lowest BCUT2D eigenvalue weighted by Gasteiger charge is -2.39. The first-order chi connectivity index (χ1) is 8.99. The molecule has 0 radical (unpaired) electrons. The lowest BCUT2D eigenvalue weighted by Crippen LogP contribution is -2.47. The van der Waals surface area contributed by atoms with E-state index >= 15 is 0 Å². The minimum atomic E-state index is 0.000825. The molecule has 1 aromatic rings. The molecular formula is C15H23N3O. The lowest BCUT2D eigenvalue weighted by molar-refractivity contribution is 0.101. The number of nitrogens with two attached hydrogens (primary N) is 1. The van der Waals surface area contributed by atoms with Gasteiger partial charge in [-0.2, -0.15) is 0 Å². The van der Waals surface area contributed by atoms with Gasteiger partial charge in [-0.05, 0) is 51.8 Å². The van der Waals surface area contributed by atoms with Crippen LogP contribution in [0, 0.1) is 0 Å². The number of Topliss-reactive ketones (excluding diaryl/α,β-unsaturated/α-hetero) is 1. The quantitative estimate of drug-likeness (QED) is 0.648. The number of ketones is 1. The van der Waals surface area contributed by atoms with Gasteiger partial charge in [-0.15, -0.1) is 0 Å². The average molecular weight is 261 g/mol. The van der Waals surface area contributed by atoms with E-state index < -0.39 is 0 Å². The fourth-order valence-electron chi connectivity index (χ4n) is 2.72. The van der Waals surface area contributed by atoms with E-state index in [0.717, 1.165) is 5.69 Å². The van der Waals surface area contributed by atoms with E-state index in [1.54, 1.807) is 13.0 Å². The number of benzene rings is 1. The SMILES string of the molecule is CC(=O)c1cc(NN2C(C)CCCC2C)ccc1N. The molecule has 19 heavy (non-hydrogen) atoms. The van der Waals surface area contributed by atoms with Gasteiger partial charge in [-0.25, -0.2) is 5.01 Å². The van der Waals surface area contributed by atoms with Crippen LogP contribution in [0.3, 0.4) is 0 Å². The van der Waals surface area contributed by atoms with Crippen LogP contribution >= 0.6 is 0 Å². The first kappa shape index (κ1) is 13.9. The summed E-state index contributed by atoms with van der Waals surface area (Å²) < 4.78 is 0. The highest BCUT2D eigenvalue weighted by molar-refractivity contribution is 5.99. The normalized spacial score (nSPS) is 24.2. The number of nitrogens with one attached hydrogen (secondary N) is 1. The monoisotopic (exact) mass is 261 g/mol. The summed E-state index contributed by atoms with van der Waals surface area (Å²) in [4.78, 5) is 11.5. The Morgan fingerprint density at radius 3 is 2.53 bits per heavy atom. The maximum Gasteiger partial charge on any atom is 0.161 e. The average Bonchev–Trinajstić information content (AvgIpc) is 2.35. The van der Waals surface area contributed by atoms with Crippen molar-refractivity contribution >= 4 is 17.2 Å². The highest BCUT2D eigenvalue weighted by Crippen LogP contribution is 2.25. The van der Waals surface area contributed by atoms with Crippen molar-refractivity contribution in [2.45, 2.75) is 52.1 Å². The molecule has 4 nitrogen and oxygen atoms in total. The van der Waals surface area contributed by atoms with Crippen molar-refractivity contribution in [2.24, 2.45) is 0 Å². The van der Waals surface area contributed by atoms with Crippen molar-refractivity contribution < 1.29 is 4.79 Å². The van der Waals surface area contributed by atoms with Crippen LogP contribution in [0.5, 0.6) is 0 Å². The van der Waals surface area contributed by atoms with Crippen molar-refractivity contribution in [1.82, 2.24) is 5.01 Å².